The molecule has 2 rings (SSSR count). The zero-order chi connectivity index (χ0) is 20.2. The van der Waals surface area contributed by atoms with E-state index in [0.29, 0.717) is 16.5 Å². The Hall–Kier alpha value is -2.71. The lowest BCUT2D eigenvalue weighted by Gasteiger charge is -2.18. The van der Waals surface area contributed by atoms with Crippen LogP contribution in [-0.2, 0) is 4.79 Å². The largest absolute Gasteiger partial charge is 0.479 e. The predicted octanol–water partition coefficient (Wildman–Crippen LogP) is 2.69. The fourth-order valence-corrected chi connectivity index (χ4v) is 2.98. The van der Waals surface area contributed by atoms with Crippen LogP contribution in [0.1, 0.15) is 53.0 Å². The predicted molar refractivity (Wildman–Crippen MR) is 103 cm³/mol. The van der Waals surface area contributed by atoms with Crippen molar-refractivity contribution in [3.05, 3.63) is 52.4 Å². The lowest BCUT2D eigenvalue weighted by molar-refractivity contribution is -0.155. The number of carboxylic acids is 1. The molecular formula is C19H22N2O5S. The minimum absolute atomic E-state index is 0.202. The number of hydrogen-bond acceptors (Lipinski definition) is 5. The highest BCUT2D eigenvalue weighted by Gasteiger charge is 2.30. The first-order chi connectivity index (χ1) is 12.6. The summed E-state index contributed by atoms with van der Waals surface area (Å²) in [5.41, 5.74) is -0.290. The Kier molecular flexibility index (Phi) is 6.35. The van der Waals surface area contributed by atoms with Crippen LogP contribution in [0, 0.1) is 0 Å². The molecule has 1 aromatic carbocycles. The standard InChI is InChI=1S/C19H22N2O5S/c1-11(2)12-4-6-13(7-5-12)15(22)21-17-14(8-9-27-17)16(23)20-10-19(3,26)18(24)25/h4-9,11,26H,10H2,1-3H3,(H,20,23)(H,21,22)(H,24,25). The van der Waals surface area contributed by atoms with E-state index < -0.39 is 24.0 Å². The number of carbonyl (C=O) groups is 3. The number of rotatable bonds is 7. The van der Waals surface area contributed by atoms with Crippen LogP contribution in [0.15, 0.2) is 35.7 Å². The lowest BCUT2D eigenvalue weighted by Crippen LogP contribution is -2.46. The fourth-order valence-electron chi connectivity index (χ4n) is 2.20. The highest BCUT2D eigenvalue weighted by Crippen LogP contribution is 2.24. The smallest absolute Gasteiger partial charge is 0.337 e. The molecule has 4 N–H and O–H groups in total. The number of carboxylic acid groups (broad SMARTS) is 1. The van der Waals surface area contributed by atoms with Gasteiger partial charge in [0.25, 0.3) is 11.8 Å². The van der Waals surface area contributed by atoms with Gasteiger partial charge in [0.05, 0.1) is 12.1 Å². The highest BCUT2D eigenvalue weighted by molar-refractivity contribution is 7.14. The van der Waals surface area contributed by atoms with Crippen molar-refractivity contribution in [1.29, 1.82) is 0 Å². The van der Waals surface area contributed by atoms with E-state index in [1.807, 2.05) is 12.1 Å². The summed E-state index contributed by atoms with van der Waals surface area (Å²) in [6.45, 7) is 4.76. The molecule has 1 unspecified atom stereocenters. The Morgan fingerprint density at radius 3 is 2.30 bits per heavy atom. The Labute approximate surface area is 161 Å². The molecule has 2 amide bonds. The Bertz CT molecular complexity index is 840. The molecule has 0 saturated heterocycles. The van der Waals surface area contributed by atoms with E-state index in [1.54, 1.807) is 17.5 Å². The highest BCUT2D eigenvalue weighted by atomic mass is 32.1. The van der Waals surface area contributed by atoms with Crippen molar-refractivity contribution in [3.63, 3.8) is 0 Å². The number of aliphatic carboxylic acids is 1. The summed E-state index contributed by atoms with van der Waals surface area (Å²) >= 11 is 1.18. The maximum Gasteiger partial charge on any atom is 0.337 e. The van der Waals surface area contributed by atoms with Crippen LogP contribution in [-0.4, -0.2) is 40.1 Å². The molecule has 144 valence electrons. The summed E-state index contributed by atoms with van der Waals surface area (Å²) in [5, 5.41) is 25.6. The maximum atomic E-state index is 12.4. The first kappa shape index (κ1) is 20.6. The zero-order valence-electron chi connectivity index (χ0n) is 15.3. The van der Waals surface area contributed by atoms with Gasteiger partial charge in [-0.2, -0.15) is 0 Å². The molecule has 0 aliphatic rings. The second-order valence-electron chi connectivity index (χ2n) is 6.66. The Balaban J connectivity index is 2.06. The van der Waals surface area contributed by atoms with Gasteiger partial charge in [-0.3, -0.25) is 9.59 Å². The van der Waals surface area contributed by atoms with Gasteiger partial charge in [0.1, 0.15) is 5.00 Å². The van der Waals surface area contributed by atoms with Crippen LogP contribution in [0.3, 0.4) is 0 Å². The minimum atomic E-state index is -2.08. The molecule has 1 aromatic heterocycles. The molecule has 0 spiro atoms. The van der Waals surface area contributed by atoms with Gasteiger partial charge < -0.3 is 20.8 Å². The molecule has 7 nitrogen and oxygen atoms in total. The first-order valence-electron chi connectivity index (χ1n) is 8.34. The number of hydrogen-bond donors (Lipinski definition) is 4. The fraction of sp³-hybridized carbons (Fsp3) is 0.316. The van der Waals surface area contributed by atoms with Gasteiger partial charge in [-0.25, -0.2) is 4.79 Å². The molecule has 1 heterocycles. The summed E-state index contributed by atoms with van der Waals surface area (Å²) in [4.78, 5) is 35.6. The molecule has 0 radical (unpaired) electrons. The summed E-state index contributed by atoms with van der Waals surface area (Å²) in [7, 11) is 0. The van der Waals surface area contributed by atoms with Crippen molar-refractivity contribution >= 4 is 34.1 Å². The van der Waals surface area contributed by atoms with E-state index in [2.05, 4.69) is 24.5 Å². The van der Waals surface area contributed by atoms with Gasteiger partial charge in [-0.15, -0.1) is 11.3 Å². The minimum Gasteiger partial charge on any atom is -0.479 e. The van der Waals surface area contributed by atoms with Crippen molar-refractivity contribution in [2.45, 2.75) is 32.3 Å². The molecule has 1 atom stereocenters. The van der Waals surface area contributed by atoms with Gasteiger partial charge in [0.15, 0.2) is 5.60 Å². The van der Waals surface area contributed by atoms with Gasteiger partial charge in [-0.05, 0) is 42.0 Å². The molecule has 0 aliphatic carbocycles. The first-order valence-corrected chi connectivity index (χ1v) is 9.22. The molecule has 8 heteroatoms. The van der Waals surface area contributed by atoms with E-state index in [1.165, 1.54) is 17.4 Å². The van der Waals surface area contributed by atoms with E-state index in [0.717, 1.165) is 12.5 Å². The summed E-state index contributed by atoms with van der Waals surface area (Å²) < 4.78 is 0. The van der Waals surface area contributed by atoms with Gasteiger partial charge >= 0.3 is 5.97 Å². The second kappa shape index (κ2) is 8.32. The Morgan fingerprint density at radius 2 is 1.74 bits per heavy atom. The number of benzene rings is 1. The normalized spacial score (nSPS) is 13.1. The number of nitrogens with one attached hydrogen (secondary N) is 2. The van der Waals surface area contributed by atoms with E-state index >= 15 is 0 Å². The topological polar surface area (TPSA) is 116 Å². The van der Waals surface area contributed by atoms with Crippen LogP contribution in [0.4, 0.5) is 5.00 Å². The van der Waals surface area contributed by atoms with Crippen molar-refractivity contribution in [2.75, 3.05) is 11.9 Å². The zero-order valence-corrected chi connectivity index (χ0v) is 16.1. The molecule has 0 saturated carbocycles. The second-order valence-corrected chi connectivity index (χ2v) is 7.57. The van der Waals surface area contributed by atoms with Gasteiger partial charge in [0, 0.05) is 5.56 Å². The van der Waals surface area contributed by atoms with Crippen molar-refractivity contribution in [1.82, 2.24) is 5.32 Å². The number of carbonyl (C=O) groups excluding carboxylic acids is 2. The molecule has 0 aliphatic heterocycles. The monoisotopic (exact) mass is 390 g/mol. The average Bonchev–Trinajstić information content (AvgIpc) is 3.07. The number of amides is 2. The van der Waals surface area contributed by atoms with E-state index in [-0.39, 0.29) is 11.5 Å². The van der Waals surface area contributed by atoms with Crippen molar-refractivity contribution in [2.24, 2.45) is 0 Å². The SMILES string of the molecule is CC(C)c1ccc(C(=O)Nc2sccc2C(=O)NCC(C)(O)C(=O)O)cc1. The quantitative estimate of drug-likeness (QED) is 0.580. The number of aliphatic hydroxyl groups is 1. The van der Waals surface area contributed by atoms with Gasteiger partial charge in [0.2, 0.25) is 0 Å². The lowest BCUT2D eigenvalue weighted by atomic mass is 10.0. The maximum absolute atomic E-state index is 12.4. The summed E-state index contributed by atoms with van der Waals surface area (Å²) in [5.74, 6) is -2.01. The summed E-state index contributed by atoms with van der Waals surface area (Å²) in [6.07, 6.45) is 0. The van der Waals surface area contributed by atoms with Crippen molar-refractivity contribution in [3.8, 4) is 0 Å². The molecule has 0 fully saturated rings. The molecule has 0 bridgehead atoms. The van der Waals surface area contributed by atoms with Crippen LogP contribution in [0.2, 0.25) is 0 Å². The van der Waals surface area contributed by atoms with E-state index in [9.17, 15) is 19.5 Å². The van der Waals surface area contributed by atoms with Crippen LogP contribution in [0.25, 0.3) is 0 Å². The number of thiophene rings is 1. The van der Waals surface area contributed by atoms with Gasteiger partial charge in [-0.1, -0.05) is 26.0 Å². The summed E-state index contributed by atoms with van der Waals surface area (Å²) in [6, 6.07) is 8.74. The third kappa shape index (κ3) is 5.15. The molecular weight excluding hydrogens is 368 g/mol. The number of anilines is 1. The van der Waals surface area contributed by atoms with Crippen molar-refractivity contribution < 1.29 is 24.6 Å². The third-order valence-corrected chi connectivity index (χ3v) is 4.86. The Morgan fingerprint density at radius 1 is 1.11 bits per heavy atom. The van der Waals surface area contributed by atoms with Crippen LogP contribution >= 0.6 is 11.3 Å². The van der Waals surface area contributed by atoms with Crippen LogP contribution in [0.5, 0.6) is 0 Å². The molecule has 27 heavy (non-hydrogen) atoms. The van der Waals surface area contributed by atoms with E-state index in [4.69, 9.17) is 5.11 Å². The molecule has 2 aromatic rings. The van der Waals surface area contributed by atoms with Crippen LogP contribution < -0.4 is 10.6 Å². The third-order valence-electron chi connectivity index (χ3n) is 4.03. The average molecular weight is 390 g/mol.